The van der Waals surface area contributed by atoms with Crippen LogP contribution in [-0.4, -0.2) is 37.0 Å². The fourth-order valence-electron chi connectivity index (χ4n) is 2.67. The van der Waals surface area contributed by atoms with Crippen molar-refractivity contribution in [3.63, 3.8) is 0 Å². The van der Waals surface area contributed by atoms with E-state index in [0.29, 0.717) is 17.8 Å². The summed E-state index contributed by atoms with van der Waals surface area (Å²) >= 11 is 1.85. The summed E-state index contributed by atoms with van der Waals surface area (Å²) < 4.78 is 0. The zero-order valence-electron chi connectivity index (χ0n) is 13.2. The molecule has 0 amide bonds. The van der Waals surface area contributed by atoms with E-state index in [-0.39, 0.29) is 0 Å². The van der Waals surface area contributed by atoms with Crippen LogP contribution < -0.4 is 11.1 Å². The fourth-order valence-corrected chi connectivity index (χ4v) is 3.42. The molecular formula is C16H28N4S. The van der Waals surface area contributed by atoms with E-state index in [1.165, 1.54) is 24.3 Å². The Bertz CT molecular complexity index is 427. The standard InChI is InChI=1S/C16H28N4S/c1-13(2)9-18-16(17)19-10-14-5-3-7-20(11-14)12-15-6-4-8-21-15/h4,6,8,13-14H,3,5,7,9-12H2,1-2H3,(H3,17,18,19). The predicted molar refractivity (Wildman–Crippen MR) is 91.7 cm³/mol. The van der Waals surface area contributed by atoms with Crippen LogP contribution >= 0.6 is 11.3 Å². The number of thiophene rings is 1. The van der Waals surface area contributed by atoms with Crippen molar-refractivity contribution in [2.75, 3.05) is 26.2 Å². The molecule has 0 saturated carbocycles. The molecule has 1 saturated heterocycles. The van der Waals surface area contributed by atoms with Gasteiger partial charge in [-0.05, 0) is 42.7 Å². The molecule has 1 aromatic heterocycles. The van der Waals surface area contributed by atoms with E-state index in [4.69, 9.17) is 5.73 Å². The second kappa shape index (κ2) is 8.39. The van der Waals surface area contributed by atoms with E-state index in [0.717, 1.165) is 26.2 Å². The molecule has 1 fully saturated rings. The summed E-state index contributed by atoms with van der Waals surface area (Å²) in [5.74, 6) is 1.83. The number of nitrogens with two attached hydrogens (primary N) is 1. The van der Waals surface area contributed by atoms with Crippen molar-refractivity contribution in [3.8, 4) is 0 Å². The molecule has 4 nitrogen and oxygen atoms in total. The van der Waals surface area contributed by atoms with E-state index in [2.05, 4.69) is 46.6 Å². The van der Waals surface area contributed by atoms with Crippen molar-refractivity contribution in [2.24, 2.45) is 22.6 Å². The van der Waals surface area contributed by atoms with Crippen LogP contribution in [-0.2, 0) is 6.54 Å². The van der Waals surface area contributed by atoms with Gasteiger partial charge < -0.3 is 11.1 Å². The van der Waals surface area contributed by atoms with Crippen molar-refractivity contribution in [3.05, 3.63) is 22.4 Å². The summed E-state index contributed by atoms with van der Waals surface area (Å²) in [7, 11) is 0. The lowest BCUT2D eigenvalue weighted by Gasteiger charge is -2.32. The van der Waals surface area contributed by atoms with Gasteiger partial charge in [0.1, 0.15) is 0 Å². The van der Waals surface area contributed by atoms with Gasteiger partial charge in [-0.3, -0.25) is 9.89 Å². The molecular weight excluding hydrogens is 280 g/mol. The molecule has 0 aliphatic carbocycles. The van der Waals surface area contributed by atoms with E-state index in [1.807, 2.05) is 11.3 Å². The molecule has 0 spiro atoms. The van der Waals surface area contributed by atoms with Gasteiger partial charge in [0.15, 0.2) is 5.96 Å². The Kier molecular flexibility index (Phi) is 6.51. The summed E-state index contributed by atoms with van der Waals surface area (Å²) in [6.07, 6.45) is 2.56. The van der Waals surface area contributed by atoms with Crippen LogP contribution in [0, 0.1) is 11.8 Å². The lowest BCUT2D eigenvalue weighted by molar-refractivity contribution is 0.169. The Balaban J connectivity index is 1.72. The van der Waals surface area contributed by atoms with Crippen LogP contribution in [0.4, 0.5) is 0 Å². The molecule has 2 heterocycles. The number of likely N-dealkylation sites (tertiary alicyclic amines) is 1. The van der Waals surface area contributed by atoms with Crippen LogP contribution in [0.3, 0.4) is 0 Å². The van der Waals surface area contributed by atoms with Gasteiger partial charge >= 0.3 is 0 Å². The molecule has 3 N–H and O–H groups in total. The quantitative estimate of drug-likeness (QED) is 0.627. The first-order valence-electron chi connectivity index (χ1n) is 7.92. The zero-order chi connectivity index (χ0) is 15.1. The summed E-state index contributed by atoms with van der Waals surface area (Å²) in [5.41, 5.74) is 5.91. The summed E-state index contributed by atoms with van der Waals surface area (Å²) in [6.45, 7) is 9.50. The van der Waals surface area contributed by atoms with E-state index in [9.17, 15) is 0 Å². The fraction of sp³-hybridized carbons (Fsp3) is 0.688. The summed E-state index contributed by atoms with van der Waals surface area (Å²) in [5, 5.41) is 5.45. The maximum Gasteiger partial charge on any atom is 0.188 e. The van der Waals surface area contributed by atoms with Gasteiger partial charge in [0.2, 0.25) is 0 Å². The zero-order valence-corrected chi connectivity index (χ0v) is 14.0. The minimum absolute atomic E-state index is 0.557. The van der Waals surface area contributed by atoms with Crippen molar-refractivity contribution in [1.82, 2.24) is 10.2 Å². The second-order valence-corrected chi connectivity index (χ2v) is 7.36. The van der Waals surface area contributed by atoms with Gasteiger partial charge in [-0.25, -0.2) is 0 Å². The number of hydrogen-bond acceptors (Lipinski definition) is 3. The SMILES string of the molecule is CC(C)CN=C(N)NCC1CCCN(Cc2cccs2)C1. The Hall–Kier alpha value is -1.07. The van der Waals surface area contributed by atoms with Crippen molar-refractivity contribution < 1.29 is 0 Å². The number of aliphatic imine (C=N–C) groups is 1. The lowest BCUT2D eigenvalue weighted by Crippen LogP contribution is -2.42. The van der Waals surface area contributed by atoms with E-state index >= 15 is 0 Å². The van der Waals surface area contributed by atoms with Gasteiger partial charge in [-0.2, -0.15) is 0 Å². The van der Waals surface area contributed by atoms with Crippen LogP contribution in [0.1, 0.15) is 31.6 Å². The maximum absolute atomic E-state index is 5.91. The van der Waals surface area contributed by atoms with Crippen molar-refractivity contribution in [2.45, 2.75) is 33.2 Å². The molecule has 0 radical (unpaired) electrons. The third-order valence-corrected chi connectivity index (χ3v) is 4.62. The maximum atomic E-state index is 5.91. The van der Waals surface area contributed by atoms with Crippen LogP contribution in [0.25, 0.3) is 0 Å². The highest BCUT2D eigenvalue weighted by Crippen LogP contribution is 2.19. The van der Waals surface area contributed by atoms with Crippen LogP contribution in [0.15, 0.2) is 22.5 Å². The molecule has 1 aromatic rings. The number of hydrogen-bond donors (Lipinski definition) is 2. The topological polar surface area (TPSA) is 53.6 Å². The first kappa shape index (κ1) is 16.3. The lowest BCUT2D eigenvalue weighted by atomic mass is 9.98. The normalized spacial score (nSPS) is 20.9. The highest BCUT2D eigenvalue weighted by molar-refractivity contribution is 7.09. The van der Waals surface area contributed by atoms with Gasteiger partial charge in [0.05, 0.1) is 0 Å². The Morgan fingerprint density at radius 1 is 1.57 bits per heavy atom. The van der Waals surface area contributed by atoms with Crippen LogP contribution in [0.2, 0.25) is 0 Å². The number of rotatable bonds is 6. The van der Waals surface area contributed by atoms with Gasteiger partial charge in [0, 0.05) is 31.1 Å². The summed E-state index contributed by atoms with van der Waals surface area (Å²) in [6, 6.07) is 4.36. The minimum atomic E-state index is 0.557. The number of nitrogens with zero attached hydrogens (tertiary/aromatic N) is 2. The van der Waals surface area contributed by atoms with Gasteiger partial charge in [0.25, 0.3) is 0 Å². The first-order valence-corrected chi connectivity index (χ1v) is 8.80. The number of piperidine rings is 1. The highest BCUT2D eigenvalue weighted by Gasteiger charge is 2.20. The molecule has 2 rings (SSSR count). The highest BCUT2D eigenvalue weighted by atomic mass is 32.1. The molecule has 21 heavy (non-hydrogen) atoms. The van der Waals surface area contributed by atoms with E-state index < -0.39 is 0 Å². The second-order valence-electron chi connectivity index (χ2n) is 6.32. The Labute approximate surface area is 132 Å². The average molecular weight is 308 g/mol. The Morgan fingerprint density at radius 2 is 2.43 bits per heavy atom. The Morgan fingerprint density at radius 3 is 3.14 bits per heavy atom. The predicted octanol–water partition coefficient (Wildman–Crippen LogP) is 2.52. The summed E-state index contributed by atoms with van der Waals surface area (Å²) in [4.78, 5) is 8.38. The third-order valence-electron chi connectivity index (χ3n) is 3.76. The number of nitrogens with one attached hydrogen (secondary N) is 1. The molecule has 118 valence electrons. The van der Waals surface area contributed by atoms with Crippen molar-refractivity contribution >= 4 is 17.3 Å². The molecule has 1 aliphatic rings. The van der Waals surface area contributed by atoms with Gasteiger partial charge in [-0.15, -0.1) is 11.3 Å². The first-order chi connectivity index (χ1) is 10.1. The molecule has 1 unspecified atom stereocenters. The van der Waals surface area contributed by atoms with Crippen molar-refractivity contribution in [1.29, 1.82) is 0 Å². The minimum Gasteiger partial charge on any atom is -0.370 e. The monoisotopic (exact) mass is 308 g/mol. The van der Waals surface area contributed by atoms with E-state index in [1.54, 1.807) is 0 Å². The molecule has 0 bridgehead atoms. The van der Waals surface area contributed by atoms with Crippen LogP contribution in [0.5, 0.6) is 0 Å². The van der Waals surface area contributed by atoms with Gasteiger partial charge in [-0.1, -0.05) is 19.9 Å². The number of guanidine groups is 1. The molecule has 5 heteroatoms. The molecule has 0 aromatic carbocycles. The molecule has 1 atom stereocenters. The molecule has 1 aliphatic heterocycles. The largest absolute Gasteiger partial charge is 0.370 e. The average Bonchev–Trinajstić information content (AvgIpc) is 2.96. The smallest absolute Gasteiger partial charge is 0.188 e. The third kappa shape index (κ3) is 6.06.